The number of piperidine rings is 1. The number of nitrogens with zero attached hydrogens (tertiary/aromatic N) is 1. The first-order valence-electron chi connectivity index (χ1n) is 7.36. The molecule has 110 valence electrons. The SMILES string of the molecule is COc1ccccc1CNC(=O)C(C)N1CCCCC1. The summed E-state index contributed by atoms with van der Waals surface area (Å²) in [6.45, 7) is 4.57. The van der Waals surface area contributed by atoms with Crippen LogP contribution in [-0.2, 0) is 11.3 Å². The van der Waals surface area contributed by atoms with Gasteiger partial charge in [0.2, 0.25) is 5.91 Å². The Morgan fingerprint density at radius 3 is 2.70 bits per heavy atom. The number of carbonyl (C=O) groups is 1. The zero-order chi connectivity index (χ0) is 14.4. The molecule has 20 heavy (non-hydrogen) atoms. The number of benzene rings is 1. The summed E-state index contributed by atoms with van der Waals surface area (Å²) in [4.78, 5) is 14.5. The third-order valence-corrected chi connectivity index (χ3v) is 3.96. The van der Waals surface area contributed by atoms with Crippen molar-refractivity contribution in [3.63, 3.8) is 0 Å². The smallest absolute Gasteiger partial charge is 0.237 e. The van der Waals surface area contributed by atoms with E-state index in [0.29, 0.717) is 6.54 Å². The summed E-state index contributed by atoms with van der Waals surface area (Å²) in [5.74, 6) is 0.913. The van der Waals surface area contributed by atoms with E-state index in [1.54, 1.807) is 7.11 Å². The topological polar surface area (TPSA) is 41.6 Å². The molecule has 0 radical (unpaired) electrons. The summed E-state index contributed by atoms with van der Waals surface area (Å²) >= 11 is 0. The molecule has 2 rings (SSSR count). The Hall–Kier alpha value is -1.55. The molecule has 4 heteroatoms. The number of para-hydroxylation sites is 1. The fourth-order valence-corrected chi connectivity index (χ4v) is 2.65. The van der Waals surface area contributed by atoms with Crippen molar-refractivity contribution in [3.8, 4) is 5.75 Å². The van der Waals surface area contributed by atoms with Crippen LogP contribution in [-0.4, -0.2) is 37.0 Å². The summed E-state index contributed by atoms with van der Waals surface area (Å²) in [6, 6.07) is 7.73. The summed E-state index contributed by atoms with van der Waals surface area (Å²) in [7, 11) is 1.65. The van der Waals surface area contributed by atoms with Crippen molar-refractivity contribution in [2.24, 2.45) is 0 Å². The second-order valence-electron chi connectivity index (χ2n) is 5.30. The molecule has 0 aliphatic carbocycles. The number of rotatable bonds is 5. The van der Waals surface area contributed by atoms with Gasteiger partial charge in [-0.1, -0.05) is 24.6 Å². The van der Waals surface area contributed by atoms with Crippen molar-refractivity contribution in [2.75, 3.05) is 20.2 Å². The minimum atomic E-state index is -0.0509. The maximum absolute atomic E-state index is 12.2. The molecular weight excluding hydrogens is 252 g/mol. The van der Waals surface area contributed by atoms with Crippen LogP contribution in [0.1, 0.15) is 31.7 Å². The highest BCUT2D eigenvalue weighted by Crippen LogP contribution is 2.17. The Bertz CT molecular complexity index is 442. The van der Waals surface area contributed by atoms with Gasteiger partial charge in [0, 0.05) is 12.1 Å². The van der Waals surface area contributed by atoms with Crippen molar-refractivity contribution in [1.29, 1.82) is 0 Å². The lowest BCUT2D eigenvalue weighted by molar-refractivity contribution is -0.126. The minimum Gasteiger partial charge on any atom is -0.496 e. The van der Waals surface area contributed by atoms with E-state index in [1.807, 2.05) is 31.2 Å². The van der Waals surface area contributed by atoms with Crippen molar-refractivity contribution < 1.29 is 9.53 Å². The molecule has 1 N–H and O–H groups in total. The van der Waals surface area contributed by atoms with Gasteiger partial charge >= 0.3 is 0 Å². The first-order chi connectivity index (χ1) is 9.72. The standard InChI is InChI=1S/C16H24N2O2/c1-13(18-10-6-3-7-11-18)16(19)17-12-14-8-4-5-9-15(14)20-2/h4-5,8-9,13H,3,6-7,10-12H2,1-2H3,(H,17,19). The monoisotopic (exact) mass is 276 g/mol. The van der Waals surface area contributed by atoms with E-state index in [2.05, 4.69) is 10.2 Å². The van der Waals surface area contributed by atoms with E-state index < -0.39 is 0 Å². The van der Waals surface area contributed by atoms with Crippen molar-refractivity contribution in [3.05, 3.63) is 29.8 Å². The predicted molar refractivity (Wildman–Crippen MR) is 79.7 cm³/mol. The number of carbonyl (C=O) groups excluding carboxylic acids is 1. The average Bonchev–Trinajstić information content (AvgIpc) is 2.53. The normalized spacial score (nSPS) is 17.5. The van der Waals surface area contributed by atoms with Crippen LogP contribution >= 0.6 is 0 Å². The van der Waals surface area contributed by atoms with Gasteiger partial charge in [-0.3, -0.25) is 9.69 Å². The summed E-state index contributed by atoms with van der Waals surface area (Å²) in [5.41, 5.74) is 1.01. The summed E-state index contributed by atoms with van der Waals surface area (Å²) in [5, 5.41) is 3.01. The molecule has 1 aliphatic heterocycles. The van der Waals surface area contributed by atoms with Crippen LogP contribution in [0, 0.1) is 0 Å². The Balaban J connectivity index is 1.87. The number of ether oxygens (including phenoxy) is 1. The second kappa shape index (κ2) is 7.29. The van der Waals surface area contributed by atoms with Gasteiger partial charge in [-0.05, 0) is 38.9 Å². The number of likely N-dealkylation sites (tertiary alicyclic amines) is 1. The Labute approximate surface area is 121 Å². The zero-order valence-corrected chi connectivity index (χ0v) is 12.4. The van der Waals surface area contributed by atoms with Gasteiger partial charge in [0.1, 0.15) is 5.75 Å². The van der Waals surface area contributed by atoms with Crippen LogP contribution < -0.4 is 10.1 Å². The van der Waals surface area contributed by atoms with E-state index in [1.165, 1.54) is 19.3 Å². The molecule has 1 unspecified atom stereocenters. The molecule has 0 saturated carbocycles. The highest BCUT2D eigenvalue weighted by molar-refractivity contribution is 5.81. The van der Waals surface area contributed by atoms with Gasteiger partial charge in [0.05, 0.1) is 13.2 Å². The fourth-order valence-electron chi connectivity index (χ4n) is 2.65. The maximum atomic E-state index is 12.2. The fraction of sp³-hybridized carbons (Fsp3) is 0.562. The summed E-state index contributed by atoms with van der Waals surface area (Å²) < 4.78 is 5.29. The van der Waals surface area contributed by atoms with Gasteiger partial charge in [-0.25, -0.2) is 0 Å². The molecule has 1 saturated heterocycles. The van der Waals surface area contributed by atoms with Crippen LogP contribution in [0.25, 0.3) is 0 Å². The van der Waals surface area contributed by atoms with Crippen molar-refractivity contribution in [1.82, 2.24) is 10.2 Å². The lowest BCUT2D eigenvalue weighted by Crippen LogP contribution is -2.46. The Kier molecular flexibility index (Phi) is 5.41. The Morgan fingerprint density at radius 2 is 2.00 bits per heavy atom. The highest BCUT2D eigenvalue weighted by Gasteiger charge is 2.22. The molecule has 1 aromatic rings. The number of hydrogen-bond acceptors (Lipinski definition) is 3. The summed E-state index contributed by atoms with van der Waals surface area (Å²) in [6.07, 6.45) is 3.68. The number of methoxy groups -OCH3 is 1. The maximum Gasteiger partial charge on any atom is 0.237 e. The second-order valence-corrected chi connectivity index (χ2v) is 5.30. The number of nitrogens with one attached hydrogen (secondary N) is 1. The Morgan fingerprint density at radius 1 is 1.30 bits per heavy atom. The molecular formula is C16H24N2O2. The van der Waals surface area contributed by atoms with Crippen molar-refractivity contribution in [2.45, 2.75) is 38.8 Å². The first kappa shape index (κ1) is 14.9. The number of hydrogen-bond donors (Lipinski definition) is 1. The molecule has 1 aromatic carbocycles. The molecule has 1 atom stereocenters. The van der Waals surface area contributed by atoms with Crippen LogP contribution in [0.2, 0.25) is 0 Å². The van der Waals surface area contributed by atoms with E-state index in [9.17, 15) is 4.79 Å². The van der Waals surface area contributed by atoms with Gasteiger partial charge < -0.3 is 10.1 Å². The lowest BCUT2D eigenvalue weighted by atomic mass is 10.1. The van der Waals surface area contributed by atoms with Gasteiger partial charge in [-0.15, -0.1) is 0 Å². The molecule has 4 nitrogen and oxygen atoms in total. The molecule has 0 spiro atoms. The van der Waals surface area contributed by atoms with Crippen LogP contribution in [0.15, 0.2) is 24.3 Å². The van der Waals surface area contributed by atoms with Crippen LogP contribution in [0.5, 0.6) is 5.75 Å². The average molecular weight is 276 g/mol. The van der Waals surface area contributed by atoms with Crippen molar-refractivity contribution >= 4 is 5.91 Å². The van der Waals surface area contributed by atoms with E-state index in [-0.39, 0.29) is 11.9 Å². The van der Waals surface area contributed by atoms with Gasteiger partial charge in [0.25, 0.3) is 0 Å². The number of amides is 1. The van der Waals surface area contributed by atoms with Gasteiger partial charge in [0.15, 0.2) is 0 Å². The van der Waals surface area contributed by atoms with Crippen LogP contribution in [0.4, 0.5) is 0 Å². The first-order valence-corrected chi connectivity index (χ1v) is 7.36. The molecule has 1 fully saturated rings. The molecule has 1 heterocycles. The lowest BCUT2D eigenvalue weighted by Gasteiger charge is -2.31. The molecule has 1 amide bonds. The molecule has 1 aliphatic rings. The third kappa shape index (κ3) is 3.73. The van der Waals surface area contributed by atoms with Gasteiger partial charge in [-0.2, -0.15) is 0 Å². The van der Waals surface area contributed by atoms with E-state index in [4.69, 9.17) is 4.74 Å². The molecule has 0 aromatic heterocycles. The highest BCUT2D eigenvalue weighted by atomic mass is 16.5. The van der Waals surface area contributed by atoms with E-state index >= 15 is 0 Å². The van der Waals surface area contributed by atoms with Crippen LogP contribution in [0.3, 0.4) is 0 Å². The van der Waals surface area contributed by atoms with E-state index in [0.717, 1.165) is 24.4 Å². The predicted octanol–water partition coefficient (Wildman–Crippen LogP) is 2.19. The third-order valence-electron chi connectivity index (χ3n) is 3.96. The minimum absolute atomic E-state index is 0.0509. The largest absolute Gasteiger partial charge is 0.496 e. The molecule has 0 bridgehead atoms. The zero-order valence-electron chi connectivity index (χ0n) is 12.4. The quantitative estimate of drug-likeness (QED) is 0.896.